The maximum atomic E-state index is 12.3. The van der Waals surface area contributed by atoms with Crippen LogP contribution in [0.25, 0.3) is 0 Å². The Bertz CT molecular complexity index is 903. The highest BCUT2D eigenvalue weighted by Crippen LogP contribution is 2.15. The molecule has 1 saturated heterocycles. The van der Waals surface area contributed by atoms with E-state index in [4.69, 9.17) is 17.3 Å². The Balaban J connectivity index is 1.82. The molecular formula is C19H20N4O7S. The molecular weight excluding hydrogens is 428 g/mol. The summed E-state index contributed by atoms with van der Waals surface area (Å²) in [5.74, 6) is -4.64. The molecule has 11 nitrogen and oxygen atoms in total. The second-order valence-corrected chi connectivity index (χ2v) is 6.96. The summed E-state index contributed by atoms with van der Waals surface area (Å²) in [4.78, 5) is 71.1. The molecule has 0 bridgehead atoms. The van der Waals surface area contributed by atoms with Gasteiger partial charge in [-0.15, -0.1) is 0 Å². The summed E-state index contributed by atoms with van der Waals surface area (Å²) in [5, 5.41) is 14.8. The standard InChI is InChI=1S/C19H20N4O7S/c24-13(12-4-2-1-3-5-12)8-15(31)21-9-14(25)20-10-18(28)22(11-19(29)30)23-16(26)6-7-17(23)27/h1-5H,6-11H2,(H,20,25)(H,21,31)(H,29,30). The number of hydrogen-bond donors (Lipinski definition) is 3. The largest absolute Gasteiger partial charge is 0.480 e. The summed E-state index contributed by atoms with van der Waals surface area (Å²) in [7, 11) is 0. The zero-order valence-corrected chi connectivity index (χ0v) is 17.1. The van der Waals surface area contributed by atoms with Crippen LogP contribution in [0.1, 0.15) is 29.6 Å². The van der Waals surface area contributed by atoms with Crippen molar-refractivity contribution < 1.29 is 33.9 Å². The Morgan fingerprint density at radius 3 is 2.19 bits per heavy atom. The Morgan fingerprint density at radius 2 is 1.61 bits per heavy atom. The fourth-order valence-electron chi connectivity index (χ4n) is 2.67. The van der Waals surface area contributed by atoms with E-state index < -0.39 is 42.7 Å². The second-order valence-electron chi connectivity index (χ2n) is 6.46. The number of nitrogens with zero attached hydrogens (tertiary/aromatic N) is 2. The Kier molecular flexibility index (Phi) is 8.32. The fourth-order valence-corrected chi connectivity index (χ4v) is 2.88. The van der Waals surface area contributed by atoms with Gasteiger partial charge in [-0.05, 0) is 0 Å². The van der Waals surface area contributed by atoms with Crippen LogP contribution in [0, 0.1) is 0 Å². The molecule has 0 radical (unpaired) electrons. The minimum absolute atomic E-state index is 0.100. The molecule has 0 aromatic heterocycles. The number of nitrogens with one attached hydrogen (secondary N) is 2. The number of benzene rings is 1. The summed E-state index contributed by atoms with van der Waals surface area (Å²) in [6.07, 6.45) is -0.355. The molecule has 1 fully saturated rings. The van der Waals surface area contributed by atoms with Crippen LogP contribution in [0.4, 0.5) is 0 Å². The summed E-state index contributed by atoms with van der Waals surface area (Å²) < 4.78 is 0. The molecule has 0 atom stereocenters. The lowest BCUT2D eigenvalue weighted by Crippen LogP contribution is -2.54. The Hall–Kier alpha value is -3.67. The van der Waals surface area contributed by atoms with E-state index in [1.165, 1.54) is 0 Å². The smallest absolute Gasteiger partial charge is 0.325 e. The van der Waals surface area contributed by atoms with Gasteiger partial charge < -0.3 is 15.7 Å². The van der Waals surface area contributed by atoms with Crippen molar-refractivity contribution in [2.24, 2.45) is 0 Å². The van der Waals surface area contributed by atoms with Crippen molar-refractivity contribution in [1.29, 1.82) is 0 Å². The molecule has 31 heavy (non-hydrogen) atoms. The first-order chi connectivity index (χ1) is 14.7. The molecule has 4 amide bonds. The molecule has 12 heteroatoms. The summed E-state index contributed by atoms with van der Waals surface area (Å²) >= 11 is 5.04. The van der Waals surface area contributed by atoms with Gasteiger partial charge >= 0.3 is 5.97 Å². The van der Waals surface area contributed by atoms with Gasteiger partial charge in [0, 0.05) is 18.4 Å². The first-order valence-corrected chi connectivity index (χ1v) is 9.59. The third-order valence-electron chi connectivity index (χ3n) is 4.14. The SMILES string of the molecule is O=C(O)CN(C(=O)CNC(=O)CNC(=S)CC(=O)c1ccccc1)N1C(=O)CCC1=O. The average molecular weight is 448 g/mol. The van der Waals surface area contributed by atoms with E-state index in [1.54, 1.807) is 30.3 Å². The quantitative estimate of drug-likeness (QED) is 0.239. The lowest BCUT2D eigenvalue weighted by molar-refractivity contribution is -0.171. The van der Waals surface area contributed by atoms with Crippen molar-refractivity contribution in [3.63, 3.8) is 0 Å². The Labute approximate surface area is 182 Å². The number of ketones is 1. The zero-order chi connectivity index (χ0) is 23.0. The van der Waals surface area contributed by atoms with Crippen molar-refractivity contribution in [1.82, 2.24) is 20.7 Å². The number of hydrazine groups is 1. The number of carboxylic acid groups (broad SMARTS) is 1. The minimum atomic E-state index is -1.43. The number of carboxylic acids is 1. The third-order valence-corrected chi connectivity index (χ3v) is 4.43. The zero-order valence-electron chi connectivity index (χ0n) is 16.3. The van der Waals surface area contributed by atoms with E-state index in [-0.39, 0.29) is 36.6 Å². The monoisotopic (exact) mass is 448 g/mol. The highest BCUT2D eigenvalue weighted by atomic mass is 32.1. The van der Waals surface area contributed by atoms with Crippen molar-refractivity contribution in [3.05, 3.63) is 35.9 Å². The molecule has 0 aliphatic carbocycles. The number of hydrogen-bond acceptors (Lipinski definition) is 7. The predicted molar refractivity (Wildman–Crippen MR) is 109 cm³/mol. The van der Waals surface area contributed by atoms with Gasteiger partial charge in [-0.25, -0.2) is 5.01 Å². The predicted octanol–water partition coefficient (Wildman–Crippen LogP) is -0.730. The molecule has 1 aliphatic rings. The summed E-state index contributed by atoms with van der Waals surface area (Å²) in [5.41, 5.74) is 0.478. The highest BCUT2D eigenvalue weighted by molar-refractivity contribution is 7.80. The third kappa shape index (κ3) is 6.96. The molecule has 1 heterocycles. The van der Waals surface area contributed by atoms with Crippen LogP contribution in [-0.2, 0) is 24.0 Å². The number of carbonyl (C=O) groups excluding carboxylic acids is 5. The normalized spacial score (nSPS) is 13.0. The van der Waals surface area contributed by atoms with E-state index >= 15 is 0 Å². The number of carbonyl (C=O) groups is 6. The lowest BCUT2D eigenvalue weighted by atomic mass is 10.1. The summed E-state index contributed by atoms with van der Waals surface area (Å²) in [6.45, 7) is -1.87. The van der Waals surface area contributed by atoms with Crippen LogP contribution in [0.3, 0.4) is 0 Å². The van der Waals surface area contributed by atoms with Crippen molar-refractivity contribution in [2.75, 3.05) is 19.6 Å². The van der Waals surface area contributed by atoms with Crippen LogP contribution in [-0.4, -0.2) is 75.1 Å². The molecule has 164 valence electrons. The van der Waals surface area contributed by atoms with E-state index in [0.717, 1.165) is 0 Å². The number of imide groups is 1. The molecule has 1 aromatic rings. The minimum Gasteiger partial charge on any atom is -0.480 e. The molecule has 3 N–H and O–H groups in total. The van der Waals surface area contributed by atoms with Crippen molar-refractivity contribution >= 4 is 52.6 Å². The summed E-state index contributed by atoms with van der Waals surface area (Å²) in [6, 6.07) is 8.48. The fraction of sp³-hybridized carbons (Fsp3) is 0.316. The molecule has 0 saturated carbocycles. The molecule has 1 aromatic carbocycles. The first kappa shape index (κ1) is 23.6. The van der Waals surface area contributed by atoms with Crippen LogP contribution >= 0.6 is 12.2 Å². The van der Waals surface area contributed by atoms with Gasteiger partial charge in [0.25, 0.3) is 5.91 Å². The number of Topliss-reactive ketones (excluding diaryl/α,β-unsaturated/α-hetero) is 1. The Morgan fingerprint density at radius 1 is 1.00 bits per heavy atom. The van der Waals surface area contributed by atoms with Gasteiger partial charge in [-0.2, -0.15) is 5.01 Å². The second kappa shape index (κ2) is 10.9. The highest BCUT2D eigenvalue weighted by Gasteiger charge is 2.37. The van der Waals surface area contributed by atoms with Gasteiger partial charge in [0.05, 0.1) is 24.5 Å². The number of aliphatic carboxylic acids is 1. The van der Waals surface area contributed by atoms with E-state index in [0.29, 0.717) is 15.6 Å². The van der Waals surface area contributed by atoms with Crippen molar-refractivity contribution in [3.8, 4) is 0 Å². The van der Waals surface area contributed by atoms with Gasteiger partial charge in [0.15, 0.2) is 5.78 Å². The van der Waals surface area contributed by atoms with Crippen LogP contribution in [0.2, 0.25) is 0 Å². The number of rotatable bonds is 10. The lowest BCUT2D eigenvalue weighted by Gasteiger charge is -2.28. The van der Waals surface area contributed by atoms with E-state index in [2.05, 4.69) is 10.6 Å². The van der Waals surface area contributed by atoms with Gasteiger partial charge in [0.1, 0.15) is 6.54 Å². The molecule has 0 spiro atoms. The number of thiocarbonyl (C=S) groups is 1. The van der Waals surface area contributed by atoms with Crippen LogP contribution in [0.5, 0.6) is 0 Å². The van der Waals surface area contributed by atoms with E-state index in [1.807, 2.05) is 0 Å². The maximum absolute atomic E-state index is 12.3. The molecule has 1 aliphatic heterocycles. The van der Waals surface area contributed by atoms with Gasteiger partial charge in [-0.3, -0.25) is 28.8 Å². The maximum Gasteiger partial charge on any atom is 0.325 e. The van der Waals surface area contributed by atoms with Crippen molar-refractivity contribution in [2.45, 2.75) is 19.3 Å². The number of amides is 4. The van der Waals surface area contributed by atoms with Crippen LogP contribution in [0.15, 0.2) is 30.3 Å². The first-order valence-electron chi connectivity index (χ1n) is 9.18. The molecule has 0 unspecified atom stereocenters. The van der Waals surface area contributed by atoms with Gasteiger partial charge in [0.2, 0.25) is 17.7 Å². The van der Waals surface area contributed by atoms with Gasteiger partial charge in [-0.1, -0.05) is 42.5 Å². The molecule has 2 rings (SSSR count). The average Bonchev–Trinajstić information content (AvgIpc) is 3.07. The van der Waals surface area contributed by atoms with E-state index in [9.17, 15) is 28.8 Å². The van der Waals surface area contributed by atoms with Crippen LogP contribution < -0.4 is 10.6 Å². The topological polar surface area (TPSA) is 153 Å².